The maximum absolute atomic E-state index is 12.6. The highest BCUT2D eigenvalue weighted by Crippen LogP contribution is 2.35. The van der Waals surface area contributed by atoms with Crippen LogP contribution in [0, 0.1) is 17.2 Å². The van der Waals surface area contributed by atoms with Crippen LogP contribution in [-0.2, 0) is 11.2 Å². The van der Waals surface area contributed by atoms with Gasteiger partial charge in [-0.25, -0.2) is 0 Å². The predicted octanol–water partition coefficient (Wildman–Crippen LogP) is 2.37. The van der Waals surface area contributed by atoms with Crippen molar-refractivity contribution >= 4 is 27.6 Å². The lowest BCUT2D eigenvalue weighted by Crippen LogP contribution is -2.50. The number of carbonyl (C=O) groups excluding carboxylic acids is 1. The van der Waals surface area contributed by atoms with Crippen molar-refractivity contribution in [1.29, 1.82) is 5.26 Å². The Morgan fingerprint density at radius 3 is 2.72 bits per heavy atom. The molecule has 1 aliphatic heterocycles. The molecule has 2 fully saturated rings. The van der Waals surface area contributed by atoms with E-state index in [1.165, 1.54) is 0 Å². The fourth-order valence-corrected chi connectivity index (χ4v) is 4.94. The molecule has 2 aliphatic rings. The number of piperidine rings is 1. The van der Waals surface area contributed by atoms with Crippen molar-refractivity contribution in [2.75, 3.05) is 0 Å². The van der Waals surface area contributed by atoms with E-state index in [0.29, 0.717) is 23.8 Å². The largest absolute Gasteiger partial charge is 0.339 e. The van der Waals surface area contributed by atoms with Crippen molar-refractivity contribution in [2.45, 2.75) is 43.8 Å². The molecule has 3 N–H and O–H groups in total. The minimum Gasteiger partial charge on any atom is -0.339 e. The molecular weight excluding hydrogens is 364 g/mol. The SMILES string of the molecule is N#CC(Cc1ccc2c(c1)[nH]c(=O)c1ccccc12)NC(=O)[C@H]1N[C@@H]2CC[C@H]1C2. The molecule has 2 aromatic carbocycles. The number of nitrogens with zero attached hydrogens (tertiary/aromatic N) is 1. The number of pyridine rings is 1. The summed E-state index contributed by atoms with van der Waals surface area (Å²) in [5.74, 6) is 0.308. The van der Waals surface area contributed by atoms with Gasteiger partial charge < -0.3 is 15.6 Å². The second-order valence-corrected chi connectivity index (χ2v) is 8.19. The van der Waals surface area contributed by atoms with Gasteiger partial charge in [0.25, 0.3) is 5.56 Å². The Kier molecular flexibility index (Phi) is 4.33. The van der Waals surface area contributed by atoms with Crippen LogP contribution in [0.25, 0.3) is 21.7 Å². The molecule has 1 unspecified atom stereocenters. The number of hydrogen-bond donors (Lipinski definition) is 3. The van der Waals surface area contributed by atoms with Gasteiger partial charge in [-0.05, 0) is 48.3 Å². The van der Waals surface area contributed by atoms with Gasteiger partial charge in [-0.15, -0.1) is 0 Å². The molecule has 1 saturated carbocycles. The summed E-state index contributed by atoms with van der Waals surface area (Å²) in [6.07, 6.45) is 3.67. The molecule has 1 amide bonds. The fraction of sp³-hybridized carbons (Fsp3) is 0.348. The molecule has 146 valence electrons. The van der Waals surface area contributed by atoms with Crippen LogP contribution in [0.4, 0.5) is 0 Å². The Morgan fingerprint density at radius 2 is 2.00 bits per heavy atom. The Labute approximate surface area is 167 Å². The lowest BCUT2D eigenvalue weighted by atomic mass is 9.98. The molecule has 1 saturated heterocycles. The number of nitrogens with one attached hydrogen (secondary N) is 3. The summed E-state index contributed by atoms with van der Waals surface area (Å²) in [5, 5.41) is 18.4. The zero-order chi connectivity index (χ0) is 20.0. The Morgan fingerprint density at radius 1 is 1.17 bits per heavy atom. The van der Waals surface area contributed by atoms with E-state index in [1.54, 1.807) is 0 Å². The van der Waals surface area contributed by atoms with Crippen LogP contribution < -0.4 is 16.2 Å². The van der Waals surface area contributed by atoms with E-state index in [9.17, 15) is 14.9 Å². The average molecular weight is 386 g/mol. The van der Waals surface area contributed by atoms with Crippen molar-refractivity contribution in [2.24, 2.45) is 5.92 Å². The first-order chi connectivity index (χ1) is 14.1. The van der Waals surface area contributed by atoms with Crippen LogP contribution in [0.1, 0.15) is 24.8 Å². The standard InChI is InChI=1S/C23H22N4O2/c24-12-16(26-23(29)21-14-6-7-15(11-14)25-21)9-13-5-8-18-17-3-1-2-4-19(17)22(28)27-20(18)10-13/h1-5,8,10,14-16,21,25H,6-7,9,11H2,(H,26,29)(H,27,28)/t14-,15+,16?,21-/m0/s1. The summed E-state index contributed by atoms with van der Waals surface area (Å²) in [6, 6.07) is 15.2. The maximum atomic E-state index is 12.6. The van der Waals surface area contributed by atoms with Gasteiger partial charge in [-0.3, -0.25) is 9.59 Å². The van der Waals surface area contributed by atoms with Gasteiger partial charge in [0.1, 0.15) is 6.04 Å². The first kappa shape index (κ1) is 17.9. The number of hydrogen-bond acceptors (Lipinski definition) is 4. The summed E-state index contributed by atoms with van der Waals surface area (Å²) < 4.78 is 0. The molecule has 4 atom stereocenters. The van der Waals surface area contributed by atoms with Gasteiger partial charge in [0.2, 0.25) is 5.91 Å². The number of nitriles is 1. The lowest BCUT2D eigenvalue weighted by Gasteiger charge is -2.23. The summed E-state index contributed by atoms with van der Waals surface area (Å²) in [7, 11) is 0. The number of carbonyl (C=O) groups is 1. The van der Waals surface area contributed by atoms with E-state index in [0.717, 1.165) is 41.1 Å². The molecule has 1 aromatic heterocycles. The fourth-order valence-electron chi connectivity index (χ4n) is 4.94. The quantitative estimate of drug-likeness (QED) is 0.600. The van der Waals surface area contributed by atoms with Crippen molar-refractivity contribution in [3.63, 3.8) is 0 Å². The highest BCUT2D eigenvalue weighted by atomic mass is 16.2. The minimum absolute atomic E-state index is 0.0797. The highest BCUT2D eigenvalue weighted by molar-refractivity contribution is 6.05. The number of amides is 1. The van der Waals surface area contributed by atoms with E-state index in [2.05, 4.69) is 21.7 Å². The van der Waals surface area contributed by atoms with Gasteiger partial charge in [0.15, 0.2) is 0 Å². The smallest absolute Gasteiger partial charge is 0.256 e. The molecule has 0 spiro atoms. The summed E-state index contributed by atoms with van der Waals surface area (Å²) in [4.78, 5) is 27.9. The molecule has 29 heavy (non-hydrogen) atoms. The predicted molar refractivity (Wildman–Crippen MR) is 111 cm³/mol. The third-order valence-corrected chi connectivity index (χ3v) is 6.35. The van der Waals surface area contributed by atoms with Crippen molar-refractivity contribution in [1.82, 2.24) is 15.6 Å². The van der Waals surface area contributed by atoms with E-state index in [-0.39, 0.29) is 17.5 Å². The zero-order valence-corrected chi connectivity index (χ0v) is 15.9. The number of H-pyrrole nitrogens is 1. The Hall–Kier alpha value is -3.17. The number of rotatable bonds is 4. The van der Waals surface area contributed by atoms with Crippen LogP contribution in [0.2, 0.25) is 0 Å². The number of aromatic amines is 1. The normalized spacial score (nSPS) is 23.9. The topological polar surface area (TPSA) is 97.8 Å². The van der Waals surface area contributed by atoms with Gasteiger partial charge in [0.05, 0.1) is 12.1 Å². The van der Waals surface area contributed by atoms with Crippen LogP contribution in [0.3, 0.4) is 0 Å². The number of benzene rings is 2. The second-order valence-electron chi connectivity index (χ2n) is 8.19. The molecule has 3 aromatic rings. The second kappa shape index (κ2) is 7.02. The molecule has 6 nitrogen and oxygen atoms in total. The molecule has 1 aliphatic carbocycles. The Bertz CT molecular complexity index is 1210. The van der Waals surface area contributed by atoms with E-state index < -0.39 is 6.04 Å². The minimum atomic E-state index is -0.604. The summed E-state index contributed by atoms with van der Waals surface area (Å²) >= 11 is 0. The third-order valence-electron chi connectivity index (χ3n) is 6.35. The molecule has 0 radical (unpaired) electrons. The maximum Gasteiger partial charge on any atom is 0.256 e. The van der Waals surface area contributed by atoms with Gasteiger partial charge in [0, 0.05) is 28.8 Å². The lowest BCUT2D eigenvalue weighted by molar-refractivity contribution is -0.124. The van der Waals surface area contributed by atoms with Crippen LogP contribution >= 0.6 is 0 Å². The third kappa shape index (κ3) is 3.18. The van der Waals surface area contributed by atoms with Crippen molar-refractivity contribution in [3.8, 4) is 6.07 Å². The van der Waals surface area contributed by atoms with Gasteiger partial charge in [-0.2, -0.15) is 5.26 Å². The number of fused-ring (bicyclic) bond motifs is 5. The first-order valence-electron chi connectivity index (χ1n) is 10.1. The number of aromatic nitrogens is 1. The highest BCUT2D eigenvalue weighted by Gasteiger charge is 2.43. The average Bonchev–Trinajstić information content (AvgIpc) is 3.37. The van der Waals surface area contributed by atoms with E-state index in [1.807, 2.05) is 42.5 Å². The molecular formula is C23H22N4O2. The zero-order valence-electron chi connectivity index (χ0n) is 15.9. The monoisotopic (exact) mass is 386 g/mol. The van der Waals surface area contributed by atoms with Gasteiger partial charge in [-0.1, -0.05) is 30.3 Å². The van der Waals surface area contributed by atoms with Gasteiger partial charge >= 0.3 is 0 Å². The van der Waals surface area contributed by atoms with E-state index >= 15 is 0 Å². The summed E-state index contributed by atoms with van der Waals surface area (Å²) in [5.41, 5.74) is 1.51. The molecule has 2 heterocycles. The summed E-state index contributed by atoms with van der Waals surface area (Å²) in [6.45, 7) is 0. The van der Waals surface area contributed by atoms with Crippen molar-refractivity contribution < 1.29 is 4.79 Å². The van der Waals surface area contributed by atoms with Crippen LogP contribution in [0.15, 0.2) is 47.3 Å². The van der Waals surface area contributed by atoms with Crippen LogP contribution in [-0.4, -0.2) is 29.0 Å². The molecule has 5 rings (SSSR count). The molecule has 2 bridgehead atoms. The first-order valence-corrected chi connectivity index (χ1v) is 10.1. The Balaban J connectivity index is 1.37. The van der Waals surface area contributed by atoms with Crippen LogP contribution in [0.5, 0.6) is 0 Å². The molecule has 6 heteroatoms. The van der Waals surface area contributed by atoms with Crippen molar-refractivity contribution in [3.05, 3.63) is 58.4 Å². The van der Waals surface area contributed by atoms with E-state index in [4.69, 9.17) is 0 Å².